The number of rotatable bonds is 2. The molecule has 0 aliphatic heterocycles. The fraction of sp³-hybridized carbons (Fsp3) is 0.100. The Morgan fingerprint density at radius 2 is 2.27 bits per heavy atom. The zero-order chi connectivity index (χ0) is 11.0. The molecule has 1 heterocycles. The summed E-state index contributed by atoms with van der Waals surface area (Å²) in [5.41, 5.74) is 7.48. The quantitative estimate of drug-likeness (QED) is 0.781. The van der Waals surface area contributed by atoms with Gasteiger partial charge in [0.25, 0.3) is 0 Å². The largest absolute Gasteiger partial charge is 0.477 e. The highest BCUT2D eigenvalue weighted by Gasteiger charge is 2.11. The molecule has 1 aromatic heterocycles. The van der Waals surface area contributed by atoms with Crippen LogP contribution in [0.15, 0.2) is 22.7 Å². The Labute approximate surface area is 94.2 Å². The molecule has 78 valence electrons. The fourth-order valence-electron chi connectivity index (χ4n) is 1.49. The topological polar surface area (TPSA) is 79.1 Å². The number of carbonyl (C=O) groups is 1. The average molecular weight is 269 g/mol. The lowest BCUT2D eigenvalue weighted by Gasteiger charge is -2.01. The van der Waals surface area contributed by atoms with Crippen LogP contribution in [0.5, 0.6) is 0 Å². The van der Waals surface area contributed by atoms with Crippen molar-refractivity contribution in [2.24, 2.45) is 5.73 Å². The normalized spacial score (nSPS) is 10.8. The van der Waals surface area contributed by atoms with Crippen molar-refractivity contribution in [1.82, 2.24) is 4.98 Å². The van der Waals surface area contributed by atoms with Gasteiger partial charge in [-0.05, 0) is 33.6 Å². The van der Waals surface area contributed by atoms with E-state index in [-0.39, 0.29) is 5.69 Å². The minimum absolute atomic E-state index is 0.180. The highest BCUT2D eigenvalue weighted by molar-refractivity contribution is 9.10. The summed E-state index contributed by atoms with van der Waals surface area (Å²) in [5, 5.41) is 9.67. The molecule has 0 aliphatic carbocycles. The van der Waals surface area contributed by atoms with E-state index in [2.05, 4.69) is 20.9 Å². The zero-order valence-corrected chi connectivity index (χ0v) is 9.34. The van der Waals surface area contributed by atoms with E-state index in [0.29, 0.717) is 6.54 Å². The summed E-state index contributed by atoms with van der Waals surface area (Å²) in [6.07, 6.45) is 0. The van der Waals surface area contributed by atoms with Crippen LogP contribution in [0.25, 0.3) is 10.9 Å². The van der Waals surface area contributed by atoms with Crippen molar-refractivity contribution in [3.8, 4) is 0 Å². The van der Waals surface area contributed by atoms with Gasteiger partial charge in [0.1, 0.15) is 5.69 Å². The predicted octanol–water partition coefficient (Wildman–Crippen LogP) is 2.09. The van der Waals surface area contributed by atoms with E-state index in [1.165, 1.54) is 0 Å². The molecular weight excluding hydrogens is 260 g/mol. The van der Waals surface area contributed by atoms with Gasteiger partial charge in [0, 0.05) is 21.9 Å². The van der Waals surface area contributed by atoms with Crippen LogP contribution in [0.4, 0.5) is 0 Å². The molecule has 0 saturated carbocycles. The molecule has 0 saturated heterocycles. The highest BCUT2D eigenvalue weighted by Crippen LogP contribution is 2.28. The van der Waals surface area contributed by atoms with Crippen molar-refractivity contribution in [1.29, 1.82) is 0 Å². The minimum atomic E-state index is -0.965. The number of halogens is 1. The van der Waals surface area contributed by atoms with Crippen LogP contribution >= 0.6 is 15.9 Å². The molecule has 4 N–H and O–H groups in total. The van der Waals surface area contributed by atoms with Crippen LogP contribution in [0.2, 0.25) is 0 Å². The van der Waals surface area contributed by atoms with E-state index in [0.717, 1.165) is 20.9 Å². The van der Waals surface area contributed by atoms with Crippen molar-refractivity contribution in [2.45, 2.75) is 6.54 Å². The van der Waals surface area contributed by atoms with Crippen LogP contribution in [0.3, 0.4) is 0 Å². The molecule has 2 rings (SSSR count). The zero-order valence-electron chi connectivity index (χ0n) is 7.75. The first-order chi connectivity index (χ1) is 7.13. The van der Waals surface area contributed by atoms with Gasteiger partial charge in [0.2, 0.25) is 0 Å². The molecule has 0 amide bonds. The molecule has 0 fully saturated rings. The van der Waals surface area contributed by atoms with Crippen molar-refractivity contribution in [3.63, 3.8) is 0 Å². The van der Waals surface area contributed by atoms with Gasteiger partial charge in [-0.15, -0.1) is 0 Å². The smallest absolute Gasteiger partial charge is 0.352 e. The summed E-state index contributed by atoms with van der Waals surface area (Å²) in [6.45, 7) is 0.421. The third-order valence-corrected chi connectivity index (χ3v) is 3.20. The number of hydrogen-bond donors (Lipinski definition) is 3. The molecule has 5 heteroatoms. The molecule has 0 spiro atoms. The van der Waals surface area contributed by atoms with E-state index in [1.54, 1.807) is 6.07 Å². The number of nitrogens with two attached hydrogens (primary N) is 1. The lowest BCUT2D eigenvalue weighted by Crippen LogP contribution is -1.96. The Kier molecular flexibility index (Phi) is 2.50. The Bertz CT molecular complexity index is 533. The SMILES string of the molecule is NCc1ccc2[nH]c(C(=O)O)cc2c1Br. The summed E-state index contributed by atoms with van der Waals surface area (Å²) in [6, 6.07) is 5.30. The van der Waals surface area contributed by atoms with Gasteiger partial charge in [0.05, 0.1) is 0 Å². The first kappa shape index (κ1) is 10.2. The standard InChI is InChI=1S/C10H9BrN2O2/c11-9-5(4-12)1-2-7-6(9)3-8(13-7)10(14)15/h1-3,13H,4,12H2,(H,14,15). The van der Waals surface area contributed by atoms with Gasteiger partial charge in [-0.2, -0.15) is 0 Å². The first-order valence-electron chi connectivity index (χ1n) is 4.37. The van der Waals surface area contributed by atoms with Crippen LogP contribution < -0.4 is 5.73 Å². The van der Waals surface area contributed by atoms with Gasteiger partial charge in [-0.1, -0.05) is 6.07 Å². The molecule has 4 nitrogen and oxygen atoms in total. The number of benzene rings is 1. The Morgan fingerprint density at radius 3 is 2.87 bits per heavy atom. The second-order valence-corrected chi connectivity index (χ2v) is 3.99. The van der Waals surface area contributed by atoms with Gasteiger partial charge in [-0.25, -0.2) is 4.79 Å². The third-order valence-electron chi connectivity index (χ3n) is 2.27. The molecule has 0 bridgehead atoms. The Morgan fingerprint density at radius 1 is 1.53 bits per heavy atom. The van der Waals surface area contributed by atoms with Crippen molar-refractivity contribution >= 4 is 32.8 Å². The summed E-state index contributed by atoms with van der Waals surface area (Å²) in [7, 11) is 0. The van der Waals surface area contributed by atoms with Crippen LogP contribution in [0, 0.1) is 0 Å². The monoisotopic (exact) mass is 268 g/mol. The van der Waals surface area contributed by atoms with Crippen LogP contribution in [-0.2, 0) is 6.54 Å². The summed E-state index contributed by atoms with van der Waals surface area (Å²) < 4.78 is 0.853. The van der Waals surface area contributed by atoms with E-state index in [9.17, 15) is 4.79 Å². The molecule has 1 aromatic carbocycles. The maximum Gasteiger partial charge on any atom is 0.352 e. The van der Waals surface area contributed by atoms with E-state index < -0.39 is 5.97 Å². The number of aromatic nitrogens is 1. The third kappa shape index (κ3) is 1.64. The van der Waals surface area contributed by atoms with E-state index in [1.807, 2.05) is 12.1 Å². The number of carboxylic acid groups (broad SMARTS) is 1. The van der Waals surface area contributed by atoms with E-state index >= 15 is 0 Å². The van der Waals surface area contributed by atoms with Gasteiger partial charge >= 0.3 is 5.97 Å². The number of fused-ring (bicyclic) bond motifs is 1. The van der Waals surface area contributed by atoms with Gasteiger partial charge < -0.3 is 15.8 Å². The molecule has 2 aromatic rings. The Balaban J connectivity index is 2.71. The predicted molar refractivity (Wildman–Crippen MR) is 60.8 cm³/mol. The van der Waals surface area contributed by atoms with Gasteiger partial charge in [-0.3, -0.25) is 0 Å². The summed E-state index contributed by atoms with van der Waals surface area (Å²) >= 11 is 3.41. The second-order valence-electron chi connectivity index (χ2n) is 3.19. The number of carboxylic acids is 1. The molecule has 0 aliphatic rings. The lowest BCUT2D eigenvalue weighted by molar-refractivity contribution is 0.0691. The van der Waals surface area contributed by atoms with Crippen LogP contribution in [-0.4, -0.2) is 16.1 Å². The number of nitrogens with one attached hydrogen (secondary N) is 1. The second kappa shape index (κ2) is 3.67. The number of aromatic amines is 1. The number of H-pyrrole nitrogens is 1. The molecule has 0 unspecified atom stereocenters. The van der Waals surface area contributed by atoms with Crippen molar-refractivity contribution in [3.05, 3.63) is 33.9 Å². The molecular formula is C10H9BrN2O2. The summed E-state index contributed by atoms with van der Waals surface area (Å²) in [5.74, 6) is -0.965. The minimum Gasteiger partial charge on any atom is -0.477 e. The van der Waals surface area contributed by atoms with E-state index in [4.69, 9.17) is 10.8 Å². The van der Waals surface area contributed by atoms with Crippen molar-refractivity contribution in [2.75, 3.05) is 0 Å². The number of aromatic carboxylic acids is 1. The average Bonchev–Trinajstić information content (AvgIpc) is 2.63. The van der Waals surface area contributed by atoms with Gasteiger partial charge in [0.15, 0.2) is 0 Å². The summed E-state index contributed by atoms with van der Waals surface area (Å²) in [4.78, 5) is 13.6. The first-order valence-corrected chi connectivity index (χ1v) is 5.16. The fourth-order valence-corrected chi connectivity index (χ4v) is 2.11. The Hall–Kier alpha value is -1.33. The molecule has 0 atom stereocenters. The maximum absolute atomic E-state index is 10.8. The van der Waals surface area contributed by atoms with Crippen LogP contribution in [0.1, 0.15) is 16.1 Å². The highest BCUT2D eigenvalue weighted by atomic mass is 79.9. The number of hydrogen-bond acceptors (Lipinski definition) is 2. The van der Waals surface area contributed by atoms with Crippen molar-refractivity contribution < 1.29 is 9.90 Å². The lowest BCUT2D eigenvalue weighted by atomic mass is 10.1. The maximum atomic E-state index is 10.8. The molecule has 15 heavy (non-hydrogen) atoms. The molecule has 0 radical (unpaired) electrons.